The van der Waals surface area contributed by atoms with Gasteiger partial charge in [-0.05, 0) is 35.0 Å². The number of phenolic OH excluding ortho intramolecular Hbond substituents is 1. The smallest absolute Gasteiger partial charge is 0.261 e. The van der Waals surface area contributed by atoms with Crippen molar-refractivity contribution in [2.24, 2.45) is 0 Å². The highest BCUT2D eigenvalue weighted by molar-refractivity contribution is 9.11. The number of benzene rings is 1. The summed E-state index contributed by atoms with van der Waals surface area (Å²) in [6.45, 7) is 1.72. The first-order valence-corrected chi connectivity index (χ1v) is 5.65. The highest BCUT2D eigenvalue weighted by atomic mass is 79.9. The van der Waals surface area contributed by atoms with Gasteiger partial charge in [-0.25, -0.2) is 0 Å². The van der Waals surface area contributed by atoms with Crippen molar-refractivity contribution in [1.29, 1.82) is 0 Å². The van der Waals surface area contributed by atoms with Crippen LogP contribution in [0.5, 0.6) is 5.75 Å². The summed E-state index contributed by atoms with van der Waals surface area (Å²) in [5, 5.41) is 13.5. The molecule has 0 atom stereocenters. The van der Waals surface area contributed by atoms with Crippen LogP contribution in [0, 0.1) is 6.92 Å². The maximum atomic E-state index is 9.79. The summed E-state index contributed by atoms with van der Waals surface area (Å²) in [5.74, 6) is 0.911. The minimum atomic E-state index is 0.0850. The third kappa shape index (κ3) is 2.05. The zero-order valence-corrected chi connectivity index (χ0v) is 10.8. The molecule has 0 aliphatic rings. The number of aromatic nitrogens is 2. The average Bonchev–Trinajstić information content (AvgIpc) is 2.58. The van der Waals surface area contributed by atoms with Gasteiger partial charge >= 0.3 is 0 Å². The standard InChI is InChI=1S/C9H6Br2N2O2/c1-4-12-9(15-13-4)6-2-5(10)3-7(11)8(6)14/h2-3,14H,1H3. The summed E-state index contributed by atoms with van der Waals surface area (Å²) >= 11 is 6.55. The van der Waals surface area contributed by atoms with Gasteiger partial charge in [0.25, 0.3) is 5.89 Å². The third-order valence-corrected chi connectivity index (χ3v) is 2.85. The molecule has 0 spiro atoms. The summed E-state index contributed by atoms with van der Waals surface area (Å²) in [4.78, 5) is 4.04. The molecule has 0 radical (unpaired) electrons. The fourth-order valence-corrected chi connectivity index (χ4v) is 2.36. The van der Waals surface area contributed by atoms with Gasteiger partial charge in [0.05, 0.1) is 10.0 Å². The molecule has 6 heteroatoms. The van der Waals surface area contributed by atoms with E-state index in [-0.39, 0.29) is 5.75 Å². The number of nitrogens with zero attached hydrogens (tertiary/aromatic N) is 2. The molecule has 1 aromatic carbocycles. The topological polar surface area (TPSA) is 59.2 Å². The van der Waals surface area contributed by atoms with Crippen LogP contribution in [0.15, 0.2) is 25.6 Å². The minimum absolute atomic E-state index is 0.0850. The molecule has 0 saturated heterocycles. The molecular weight excluding hydrogens is 328 g/mol. The van der Waals surface area contributed by atoms with Crippen molar-refractivity contribution in [2.75, 3.05) is 0 Å². The van der Waals surface area contributed by atoms with Crippen LogP contribution in [0.25, 0.3) is 11.5 Å². The molecule has 2 rings (SSSR count). The number of rotatable bonds is 1. The Morgan fingerprint density at radius 2 is 2.07 bits per heavy atom. The second-order valence-corrected chi connectivity index (χ2v) is 4.70. The molecule has 15 heavy (non-hydrogen) atoms. The number of hydrogen-bond acceptors (Lipinski definition) is 4. The Hall–Kier alpha value is -0.880. The molecule has 1 heterocycles. The zero-order chi connectivity index (χ0) is 11.0. The van der Waals surface area contributed by atoms with E-state index < -0.39 is 0 Å². The number of hydrogen-bond donors (Lipinski definition) is 1. The van der Waals surface area contributed by atoms with E-state index in [9.17, 15) is 5.11 Å². The Bertz CT molecular complexity index is 511. The summed E-state index contributed by atoms with van der Waals surface area (Å²) < 4.78 is 6.37. The second-order valence-electron chi connectivity index (χ2n) is 2.93. The summed E-state index contributed by atoms with van der Waals surface area (Å²) in [7, 11) is 0. The van der Waals surface area contributed by atoms with E-state index in [4.69, 9.17) is 4.52 Å². The van der Waals surface area contributed by atoms with Crippen LogP contribution in [-0.4, -0.2) is 15.2 Å². The van der Waals surface area contributed by atoms with Gasteiger partial charge in [0, 0.05) is 4.47 Å². The first-order valence-electron chi connectivity index (χ1n) is 4.06. The predicted octanol–water partition coefficient (Wildman–Crippen LogP) is 3.28. The van der Waals surface area contributed by atoms with Gasteiger partial charge in [0.15, 0.2) is 5.82 Å². The Balaban J connectivity index is 2.62. The maximum absolute atomic E-state index is 9.79. The van der Waals surface area contributed by atoms with Crippen molar-refractivity contribution in [2.45, 2.75) is 6.92 Å². The normalized spacial score (nSPS) is 10.6. The van der Waals surface area contributed by atoms with Crippen molar-refractivity contribution in [1.82, 2.24) is 10.1 Å². The van der Waals surface area contributed by atoms with E-state index in [0.717, 1.165) is 4.47 Å². The molecule has 2 aromatic rings. The van der Waals surface area contributed by atoms with Crippen LogP contribution in [-0.2, 0) is 0 Å². The molecule has 1 aromatic heterocycles. The summed E-state index contributed by atoms with van der Waals surface area (Å²) in [5.41, 5.74) is 0.497. The van der Waals surface area contributed by atoms with Crippen molar-refractivity contribution >= 4 is 31.9 Å². The van der Waals surface area contributed by atoms with Crippen LogP contribution in [0.4, 0.5) is 0 Å². The number of aryl methyl sites for hydroxylation is 1. The molecule has 0 saturated carbocycles. The lowest BCUT2D eigenvalue weighted by atomic mass is 10.2. The third-order valence-electron chi connectivity index (χ3n) is 1.79. The average molecular weight is 334 g/mol. The number of halogens is 2. The van der Waals surface area contributed by atoms with Gasteiger partial charge in [-0.15, -0.1) is 0 Å². The van der Waals surface area contributed by atoms with Gasteiger partial charge in [-0.1, -0.05) is 21.1 Å². The first-order chi connectivity index (χ1) is 7.08. The van der Waals surface area contributed by atoms with Crippen LogP contribution >= 0.6 is 31.9 Å². The van der Waals surface area contributed by atoms with E-state index in [1.807, 2.05) is 0 Å². The maximum Gasteiger partial charge on any atom is 0.261 e. The van der Waals surface area contributed by atoms with Crippen molar-refractivity contribution in [3.63, 3.8) is 0 Å². The first kappa shape index (κ1) is 10.6. The van der Waals surface area contributed by atoms with E-state index in [2.05, 4.69) is 42.0 Å². The van der Waals surface area contributed by atoms with Crippen molar-refractivity contribution < 1.29 is 9.63 Å². The highest BCUT2D eigenvalue weighted by Crippen LogP contribution is 2.37. The molecule has 0 unspecified atom stereocenters. The molecule has 0 aliphatic carbocycles. The van der Waals surface area contributed by atoms with Crippen molar-refractivity contribution in [3.05, 3.63) is 26.9 Å². The Labute approximate surface area is 103 Å². The quantitative estimate of drug-likeness (QED) is 0.870. The minimum Gasteiger partial charge on any atom is -0.506 e. The Morgan fingerprint density at radius 3 is 2.67 bits per heavy atom. The van der Waals surface area contributed by atoms with Crippen molar-refractivity contribution in [3.8, 4) is 17.2 Å². The van der Waals surface area contributed by atoms with Crippen LogP contribution in [0.3, 0.4) is 0 Å². The SMILES string of the molecule is Cc1noc(-c2cc(Br)cc(Br)c2O)n1. The molecule has 0 aliphatic heterocycles. The lowest BCUT2D eigenvalue weighted by Crippen LogP contribution is -1.81. The fourth-order valence-electron chi connectivity index (χ4n) is 1.14. The predicted molar refractivity (Wildman–Crippen MR) is 61.5 cm³/mol. The largest absolute Gasteiger partial charge is 0.506 e. The van der Waals surface area contributed by atoms with E-state index in [0.29, 0.717) is 21.8 Å². The summed E-state index contributed by atoms with van der Waals surface area (Å²) in [6, 6.07) is 3.45. The highest BCUT2D eigenvalue weighted by Gasteiger charge is 2.14. The van der Waals surface area contributed by atoms with Gasteiger partial charge in [-0.2, -0.15) is 4.98 Å². The number of phenols is 1. The molecule has 0 bridgehead atoms. The van der Waals surface area contributed by atoms with Gasteiger partial charge in [-0.3, -0.25) is 0 Å². The molecule has 0 amide bonds. The van der Waals surface area contributed by atoms with Crippen LogP contribution in [0.2, 0.25) is 0 Å². The molecule has 1 N–H and O–H groups in total. The van der Waals surface area contributed by atoms with Gasteiger partial charge in [0.1, 0.15) is 5.75 Å². The second kappa shape index (κ2) is 3.94. The lowest BCUT2D eigenvalue weighted by molar-refractivity contribution is 0.419. The Kier molecular flexibility index (Phi) is 2.79. The monoisotopic (exact) mass is 332 g/mol. The Morgan fingerprint density at radius 1 is 1.33 bits per heavy atom. The fraction of sp³-hybridized carbons (Fsp3) is 0.111. The molecular formula is C9H6Br2N2O2. The van der Waals surface area contributed by atoms with E-state index in [1.165, 1.54) is 0 Å². The van der Waals surface area contributed by atoms with E-state index in [1.54, 1.807) is 19.1 Å². The van der Waals surface area contributed by atoms with Gasteiger partial charge in [0.2, 0.25) is 0 Å². The van der Waals surface area contributed by atoms with Gasteiger partial charge < -0.3 is 9.63 Å². The van der Waals surface area contributed by atoms with Crippen LogP contribution < -0.4 is 0 Å². The molecule has 0 fully saturated rings. The zero-order valence-electron chi connectivity index (χ0n) is 7.66. The number of aromatic hydroxyl groups is 1. The van der Waals surface area contributed by atoms with Crippen LogP contribution in [0.1, 0.15) is 5.82 Å². The molecule has 78 valence electrons. The molecule has 4 nitrogen and oxygen atoms in total. The van der Waals surface area contributed by atoms with E-state index >= 15 is 0 Å². The lowest BCUT2D eigenvalue weighted by Gasteiger charge is -2.02. The summed E-state index contributed by atoms with van der Waals surface area (Å²) in [6.07, 6.45) is 0.